The summed E-state index contributed by atoms with van der Waals surface area (Å²) in [5.74, 6) is 1.52. The van der Waals surface area contributed by atoms with E-state index in [-0.39, 0.29) is 5.43 Å². The highest BCUT2D eigenvalue weighted by Gasteiger charge is 2.20. The van der Waals surface area contributed by atoms with E-state index in [1.807, 2.05) is 37.3 Å². The zero-order valence-electron chi connectivity index (χ0n) is 16.7. The maximum absolute atomic E-state index is 13.1. The Balaban J connectivity index is 1.82. The van der Waals surface area contributed by atoms with E-state index in [1.165, 1.54) is 19.3 Å². The maximum Gasteiger partial charge on any atom is 0.195 e. The van der Waals surface area contributed by atoms with Gasteiger partial charge in [-0.3, -0.25) is 9.69 Å². The predicted molar refractivity (Wildman–Crippen MR) is 112 cm³/mol. The molecule has 1 aromatic heterocycles. The van der Waals surface area contributed by atoms with Gasteiger partial charge >= 0.3 is 0 Å². The van der Waals surface area contributed by atoms with E-state index >= 15 is 0 Å². The van der Waals surface area contributed by atoms with Gasteiger partial charge in [0.25, 0.3) is 0 Å². The Labute approximate surface area is 165 Å². The third-order valence-electron chi connectivity index (χ3n) is 5.70. The fourth-order valence-corrected chi connectivity index (χ4v) is 4.07. The molecule has 4 nitrogen and oxygen atoms in total. The van der Waals surface area contributed by atoms with Gasteiger partial charge in [0.15, 0.2) is 5.43 Å². The first-order valence-electron chi connectivity index (χ1n) is 10.1. The van der Waals surface area contributed by atoms with Gasteiger partial charge in [-0.1, -0.05) is 36.8 Å². The van der Waals surface area contributed by atoms with E-state index < -0.39 is 0 Å². The molecule has 4 rings (SSSR count). The molecule has 0 aliphatic carbocycles. The van der Waals surface area contributed by atoms with Crippen LogP contribution in [-0.4, -0.2) is 25.1 Å². The van der Waals surface area contributed by atoms with E-state index in [4.69, 9.17) is 9.15 Å². The van der Waals surface area contributed by atoms with Gasteiger partial charge in [0.05, 0.1) is 18.1 Å². The molecule has 28 heavy (non-hydrogen) atoms. The van der Waals surface area contributed by atoms with Gasteiger partial charge in [-0.05, 0) is 50.6 Å². The van der Waals surface area contributed by atoms with Crippen molar-refractivity contribution in [2.24, 2.45) is 0 Å². The molecule has 1 fully saturated rings. The van der Waals surface area contributed by atoms with Crippen molar-refractivity contribution in [2.75, 3.05) is 20.2 Å². The van der Waals surface area contributed by atoms with Crippen LogP contribution in [0.1, 0.15) is 41.7 Å². The van der Waals surface area contributed by atoms with Gasteiger partial charge in [-0.2, -0.15) is 0 Å². The average Bonchev–Trinajstić information content (AvgIpc) is 2.74. The Hall–Kier alpha value is -2.59. The van der Waals surface area contributed by atoms with Crippen LogP contribution in [0.4, 0.5) is 0 Å². The average molecular weight is 377 g/mol. The fraction of sp³-hybridized carbons (Fsp3) is 0.375. The van der Waals surface area contributed by atoms with Crippen LogP contribution in [0.3, 0.4) is 0 Å². The fourth-order valence-electron chi connectivity index (χ4n) is 4.07. The number of rotatable bonds is 5. The van der Waals surface area contributed by atoms with Crippen molar-refractivity contribution in [1.82, 2.24) is 4.90 Å². The Morgan fingerprint density at radius 1 is 1.04 bits per heavy atom. The van der Waals surface area contributed by atoms with Gasteiger partial charge in [0.1, 0.15) is 17.1 Å². The van der Waals surface area contributed by atoms with Crippen molar-refractivity contribution >= 4 is 11.0 Å². The SMILES string of the molecule is COc1ccc2c(=O)c(C)c(Cc3ccccc3)oc2c1CN1CCCCC1. The number of hydrogen-bond acceptors (Lipinski definition) is 4. The first-order valence-corrected chi connectivity index (χ1v) is 10.1. The minimum absolute atomic E-state index is 0.0507. The molecule has 0 radical (unpaired) electrons. The van der Waals surface area contributed by atoms with E-state index in [0.29, 0.717) is 23.0 Å². The summed E-state index contributed by atoms with van der Waals surface area (Å²) in [5.41, 5.74) is 3.52. The topological polar surface area (TPSA) is 42.7 Å². The summed E-state index contributed by atoms with van der Waals surface area (Å²) < 4.78 is 12.0. The van der Waals surface area contributed by atoms with E-state index in [2.05, 4.69) is 17.0 Å². The van der Waals surface area contributed by atoms with Crippen LogP contribution in [0, 0.1) is 6.92 Å². The van der Waals surface area contributed by atoms with Crippen molar-refractivity contribution in [3.63, 3.8) is 0 Å². The van der Waals surface area contributed by atoms with Crippen molar-refractivity contribution in [2.45, 2.75) is 39.2 Å². The highest BCUT2D eigenvalue weighted by atomic mass is 16.5. The molecule has 2 aromatic carbocycles. The van der Waals surface area contributed by atoms with Crippen LogP contribution in [0.15, 0.2) is 51.7 Å². The number of methoxy groups -OCH3 is 1. The lowest BCUT2D eigenvalue weighted by Crippen LogP contribution is -2.29. The number of likely N-dealkylation sites (tertiary alicyclic amines) is 1. The number of piperidine rings is 1. The molecule has 146 valence electrons. The van der Waals surface area contributed by atoms with Gasteiger partial charge in [-0.25, -0.2) is 0 Å². The van der Waals surface area contributed by atoms with E-state index in [1.54, 1.807) is 7.11 Å². The van der Waals surface area contributed by atoms with E-state index in [0.717, 1.165) is 42.3 Å². The molecule has 0 amide bonds. The first kappa shape index (κ1) is 18.8. The summed E-state index contributed by atoms with van der Waals surface area (Å²) >= 11 is 0. The molecule has 0 saturated carbocycles. The Morgan fingerprint density at radius 3 is 2.50 bits per heavy atom. The molecule has 1 saturated heterocycles. The van der Waals surface area contributed by atoms with Crippen molar-refractivity contribution in [1.29, 1.82) is 0 Å². The molecule has 1 aliphatic heterocycles. The molecule has 0 N–H and O–H groups in total. The monoisotopic (exact) mass is 377 g/mol. The summed E-state index contributed by atoms with van der Waals surface area (Å²) in [5, 5.41) is 0.641. The lowest BCUT2D eigenvalue weighted by molar-refractivity contribution is 0.218. The largest absolute Gasteiger partial charge is 0.496 e. The molecule has 1 aliphatic rings. The lowest BCUT2D eigenvalue weighted by Gasteiger charge is -2.27. The summed E-state index contributed by atoms with van der Waals surface area (Å²) in [6.45, 7) is 4.76. The van der Waals surface area contributed by atoms with Gasteiger partial charge in [-0.15, -0.1) is 0 Å². The summed E-state index contributed by atoms with van der Waals surface area (Å²) in [6.07, 6.45) is 4.34. The van der Waals surface area contributed by atoms with Crippen LogP contribution in [0.2, 0.25) is 0 Å². The predicted octanol–water partition coefficient (Wildman–Crippen LogP) is 4.69. The second kappa shape index (κ2) is 8.19. The lowest BCUT2D eigenvalue weighted by atomic mass is 10.0. The molecular formula is C24H27NO3. The first-order chi connectivity index (χ1) is 13.7. The van der Waals surface area contributed by atoms with E-state index in [9.17, 15) is 4.79 Å². The molecule has 0 bridgehead atoms. The molecule has 0 spiro atoms. The quantitative estimate of drug-likeness (QED) is 0.647. The number of hydrogen-bond donors (Lipinski definition) is 0. The van der Waals surface area contributed by atoms with Gasteiger partial charge < -0.3 is 9.15 Å². The van der Waals surface area contributed by atoms with Crippen LogP contribution in [-0.2, 0) is 13.0 Å². The number of benzene rings is 2. The molecule has 0 unspecified atom stereocenters. The van der Waals surface area contributed by atoms with Crippen LogP contribution in [0.5, 0.6) is 5.75 Å². The highest BCUT2D eigenvalue weighted by molar-refractivity contribution is 5.83. The number of fused-ring (bicyclic) bond motifs is 1. The number of ether oxygens (including phenoxy) is 1. The zero-order valence-corrected chi connectivity index (χ0v) is 16.7. The molecule has 0 atom stereocenters. The van der Waals surface area contributed by atoms with Crippen LogP contribution in [0.25, 0.3) is 11.0 Å². The summed E-state index contributed by atoms with van der Waals surface area (Å²) in [6, 6.07) is 13.9. The van der Waals surface area contributed by atoms with Crippen molar-refractivity contribution < 1.29 is 9.15 Å². The highest BCUT2D eigenvalue weighted by Crippen LogP contribution is 2.30. The second-order valence-electron chi connectivity index (χ2n) is 7.60. The normalized spacial score (nSPS) is 15.1. The van der Waals surface area contributed by atoms with Crippen LogP contribution < -0.4 is 10.2 Å². The maximum atomic E-state index is 13.1. The van der Waals surface area contributed by atoms with Gasteiger partial charge in [0, 0.05) is 18.5 Å². The van der Waals surface area contributed by atoms with Crippen molar-refractivity contribution in [3.8, 4) is 5.75 Å². The van der Waals surface area contributed by atoms with Gasteiger partial charge in [0.2, 0.25) is 0 Å². The standard InChI is InChI=1S/C24H27NO3/c1-17-22(15-18-9-5-3-6-10-18)28-24-19(23(17)26)11-12-21(27-2)20(24)16-25-13-7-4-8-14-25/h3,5-6,9-12H,4,7-8,13-16H2,1-2H3. The third kappa shape index (κ3) is 3.69. The van der Waals surface area contributed by atoms with Crippen molar-refractivity contribution in [3.05, 3.63) is 75.1 Å². The minimum Gasteiger partial charge on any atom is -0.496 e. The molecular weight excluding hydrogens is 350 g/mol. The smallest absolute Gasteiger partial charge is 0.195 e. The zero-order chi connectivity index (χ0) is 19.5. The molecule has 4 heteroatoms. The summed E-state index contributed by atoms with van der Waals surface area (Å²) in [7, 11) is 1.68. The molecule has 3 aromatic rings. The Morgan fingerprint density at radius 2 is 1.79 bits per heavy atom. The summed E-state index contributed by atoms with van der Waals surface area (Å²) in [4.78, 5) is 15.5. The van der Waals surface area contributed by atoms with Crippen LogP contribution >= 0.6 is 0 Å². The second-order valence-corrected chi connectivity index (χ2v) is 7.60. The minimum atomic E-state index is 0.0507. The Bertz CT molecular complexity index is 1020. The third-order valence-corrected chi connectivity index (χ3v) is 5.70. The molecule has 2 heterocycles. The number of nitrogens with zero attached hydrogens (tertiary/aromatic N) is 1. The Kier molecular flexibility index (Phi) is 5.49.